The van der Waals surface area contributed by atoms with Crippen LogP contribution in [-0.2, 0) is 22.4 Å². The molecule has 2 amide bonds. The molecule has 5 rings (SSSR count). The molecule has 1 aliphatic carbocycles. The lowest BCUT2D eigenvalue weighted by molar-refractivity contribution is -0.123. The fourth-order valence-corrected chi connectivity index (χ4v) is 4.02. The van der Waals surface area contributed by atoms with E-state index < -0.39 is 0 Å². The average molecular weight is 358 g/mol. The van der Waals surface area contributed by atoms with Crippen LogP contribution in [0.25, 0.3) is 10.8 Å². The Kier molecular flexibility index (Phi) is 3.60. The van der Waals surface area contributed by atoms with Crippen LogP contribution >= 0.6 is 0 Å². The van der Waals surface area contributed by atoms with Crippen LogP contribution in [0.2, 0.25) is 0 Å². The molecule has 1 aliphatic heterocycles. The molecule has 0 spiro atoms. The van der Waals surface area contributed by atoms with Crippen LogP contribution in [0.3, 0.4) is 0 Å². The highest BCUT2D eigenvalue weighted by atomic mass is 16.5. The van der Waals surface area contributed by atoms with Gasteiger partial charge in [0.2, 0.25) is 5.91 Å². The Morgan fingerprint density at radius 3 is 2.70 bits per heavy atom. The molecule has 134 valence electrons. The van der Waals surface area contributed by atoms with E-state index in [1.54, 1.807) is 12.1 Å². The quantitative estimate of drug-likeness (QED) is 0.781. The first-order valence-electron chi connectivity index (χ1n) is 9.06. The number of rotatable bonds is 3. The van der Waals surface area contributed by atoms with Crippen molar-refractivity contribution < 1.29 is 14.3 Å². The van der Waals surface area contributed by atoms with E-state index in [1.807, 2.05) is 30.3 Å². The Labute approximate surface area is 156 Å². The third-order valence-corrected chi connectivity index (χ3v) is 5.26. The number of nitrogens with one attached hydrogen (secondary N) is 1. The minimum atomic E-state index is -0.223. The van der Waals surface area contributed by atoms with E-state index in [2.05, 4.69) is 17.4 Å². The first kappa shape index (κ1) is 15.9. The van der Waals surface area contributed by atoms with Gasteiger partial charge in [0.1, 0.15) is 12.3 Å². The number of para-hydroxylation sites is 2. The number of aryl methyl sites for hydroxylation is 2. The van der Waals surface area contributed by atoms with Gasteiger partial charge in [0.05, 0.1) is 5.69 Å². The number of anilines is 2. The number of carbonyl (C=O) groups excluding carboxylic acids is 2. The molecule has 0 aromatic heterocycles. The second-order valence-electron chi connectivity index (χ2n) is 6.90. The van der Waals surface area contributed by atoms with Crippen LogP contribution in [0.1, 0.15) is 11.1 Å². The van der Waals surface area contributed by atoms with E-state index >= 15 is 0 Å². The van der Waals surface area contributed by atoms with E-state index in [-0.39, 0.29) is 25.0 Å². The Bertz CT molecular complexity index is 1080. The zero-order chi connectivity index (χ0) is 18.4. The fourth-order valence-electron chi connectivity index (χ4n) is 4.02. The largest absolute Gasteiger partial charge is 0.482 e. The fraction of sp³-hybridized carbons (Fsp3) is 0.182. The molecule has 0 fully saturated rings. The van der Waals surface area contributed by atoms with Gasteiger partial charge in [-0.1, -0.05) is 36.4 Å². The summed E-state index contributed by atoms with van der Waals surface area (Å²) in [6.07, 6.45) is 2.09. The zero-order valence-corrected chi connectivity index (χ0v) is 14.7. The third-order valence-electron chi connectivity index (χ3n) is 5.26. The summed E-state index contributed by atoms with van der Waals surface area (Å²) in [4.78, 5) is 26.5. The molecule has 1 N–H and O–H groups in total. The van der Waals surface area contributed by atoms with Gasteiger partial charge in [-0.2, -0.15) is 0 Å². The number of ether oxygens (including phenoxy) is 1. The van der Waals surface area contributed by atoms with Crippen LogP contribution in [-0.4, -0.2) is 25.0 Å². The van der Waals surface area contributed by atoms with Gasteiger partial charge in [0.15, 0.2) is 6.61 Å². The predicted molar refractivity (Wildman–Crippen MR) is 104 cm³/mol. The molecule has 0 saturated carbocycles. The van der Waals surface area contributed by atoms with Crippen molar-refractivity contribution in [2.24, 2.45) is 0 Å². The Morgan fingerprint density at radius 1 is 1.00 bits per heavy atom. The summed E-state index contributed by atoms with van der Waals surface area (Å²) in [6, 6.07) is 17.5. The van der Waals surface area contributed by atoms with E-state index in [4.69, 9.17) is 4.74 Å². The first-order valence-corrected chi connectivity index (χ1v) is 9.06. The highest BCUT2D eigenvalue weighted by Crippen LogP contribution is 2.35. The monoisotopic (exact) mass is 358 g/mol. The average Bonchev–Trinajstić information content (AvgIpc) is 3.11. The number of hydrogen-bond donors (Lipinski definition) is 1. The van der Waals surface area contributed by atoms with Crippen molar-refractivity contribution in [3.8, 4) is 5.75 Å². The third kappa shape index (κ3) is 2.63. The van der Waals surface area contributed by atoms with Crippen molar-refractivity contribution in [2.45, 2.75) is 12.8 Å². The minimum Gasteiger partial charge on any atom is -0.482 e. The summed E-state index contributed by atoms with van der Waals surface area (Å²) >= 11 is 0. The van der Waals surface area contributed by atoms with Gasteiger partial charge in [-0.3, -0.25) is 14.5 Å². The second-order valence-corrected chi connectivity index (χ2v) is 6.90. The molecule has 2 aliphatic rings. The van der Waals surface area contributed by atoms with Crippen molar-refractivity contribution in [1.82, 2.24) is 0 Å². The number of nitrogens with zero attached hydrogens (tertiary/aromatic N) is 1. The van der Waals surface area contributed by atoms with E-state index in [1.165, 1.54) is 21.4 Å². The van der Waals surface area contributed by atoms with Gasteiger partial charge in [-0.05, 0) is 47.6 Å². The molecule has 0 atom stereocenters. The standard InChI is InChI=1S/C22H18N2O3/c25-20(12-24-18-6-1-2-7-19(18)27-13-21(24)26)23-17-11-10-15-9-8-14-4-3-5-16(17)22(14)15/h1-7,10-11H,8-9,12-13H2,(H,23,25). The number of benzene rings is 3. The summed E-state index contributed by atoms with van der Waals surface area (Å²) < 4.78 is 5.43. The normalized spacial score (nSPS) is 14.8. The summed E-state index contributed by atoms with van der Waals surface area (Å²) in [7, 11) is 0. The lowest BCUT2D eigenvalue weighted by Crippen LogP contribution is -2.43. The van der Waals surface area contributed by atoms with Crippen molar-refractivity contribution in [2.75, 3.05) is 23.4 Å². The minimum absolute atomic E-state index is 0.0395. The molecule has 3 aromatic rings. The molecule has 5 heteroatoms. The molecule has 3 aromatic carbocycles. The second kappa shape index (κ2) is 6.13. The van der Waals surface area contributed by atoms with Gasteiger partial charge < -0.3 is 10.1 Å². The summed E-state index contributed by atoms with van der Waals surface area (Å²) in [6.45, 7) is -0.0899. The van der Waals surface area contributed by atoms with Crippen molar-refractivity contribution in [3.63, 3.8) is 0 Å². The maximum Gasteiger partial charge on any atom is 0.265 e. The Balaban J connectivity index is 1.43. The summed E-state index contributed by atoms with van der Waals surface area (Å²) in [5.74, 6) is 0.179. The smallest absolute Gasteiger partial charge is 0.265 e. The first-order chi connectivity index (χ1) is 13.2. The Hall–Kier alpha value is -3.34. The van der Waals surface area contributed by atoms with Crippen LogP contribution < -0.4 is 15.0 Å². The molecule has 0 saturated heterocycles. The van der Waals surface area contributed by atoms with Gasteiger partial charge in [-0.15, -0.1) is 0 Å². The highest BCUT2D eigenvalue weighted by Gasteiger charge is 2.27. The lowest BCUT2D eigenvalue weighted by atomic mass is 10.0. The molecule has 5 nitrogen and oxygen atoms in total. The number of amides is 2. The van der Waals surface area contributed by atoms with E-state index in [0.29, 0.717) is 11.4 Å². The molecule has 0 bridgehead atoms. The van der Waals surface area contributed by atoms with Gasteiger partial charge >= 0.3 is 0 Å². The van der Waals surface area contributed by atoms with E-state index in [9.17, 15) is 9.59 Å². The topological polar surface area (TPSA) is 58.6 Å². The van der Waals surface area contributed by atoms with Crippen LogP contribution in [0.5, 0.6) is 5.75 Å². The van der Waals surface area contributed by atoms with Crippen molar-refractivity contribution in [3.05, 3.63) is 65.7 Å². The lowest BCUT2D eigenvalue weighted by Gasteiger charge is -2.28. The molecular formula is C22H18N2O3. The maximum atomic E-state index is 12.7. The van der Waals surface area contributed by atoms with Gasteiger partial charge in [-0.25, -0.2) is 0 Å². The molecular weight excluding hydrogens is 340 g/mol. The maximum absolute atomic E-state index is 12.7. The highest BCUT2D eigenvalue weighted by molar-refractivity contribution is 6.09. The van der Waals surface area contributed by atoms with E-state index in [0.717, 1.165) is 23.9 Å². The summed E-state index contributed by atoms with van der Waals surface area (Å²) in [5, 5.41) is 5.30. The molecule has 1 heterocycles. The number of hydrogen-bond acceptors (Lipinski definition) is 3. The molecule has 27 heavy (non-hydrogen) atoms. The number of fused-ring (bicyclic) bond motifs is 1. The molecule has 0 unspecified atom stereocenters. The Morgan fingerprint density at radius 2 is 1.81 bits per heavy atom. The van der Waals surface area contributed by atoms with Crippen LogP contribution in [0.15, 0.2) is 54.6 Å². The molecule has 0 radical (unpaired) electrons. The predicted octanol–water partition coefficient (Wildman–Crippen LogP) is 3.30. The number of carbonyl (C=O) groups is 2. The van der Waals surface area contributed by atoms with Crippen molar-refractivity contribution >= 4 is 34.0 Å². The van der Waals surface area contributed by atoms with Gasteiger partial charge in [0.25, 0.3) is 5.91 Å². The van der Waals surface area contributed by atoms with Gasteiger partial charge in [0, 0.05) is 11.1 Å². The summed E-state index contributed by atoms with van der Waals surface area (Å²) in [5.41, 5.74) is 4.08. The zero-order valence-electron chi connectivity index (χ0n) is 14.7. The van der Waals surface area contributed by atoms with Crippen LogP contribution in [0, 0.1) is 0 Å². The van der Waals surface area contributed by atoms with Crippen molar-refractivity contribution in [1.29, 1.82) is 0 Å². The van der Waals surface area contributed by atoms with Crippen LogP contribution in [0.4, 0.5) is 11.4 Å². The SMILES string of the molecule is O=C(CN1C(=O)COc2ccccc21)Nc1ccc2c3c(cccc13)CC2.